The lowest BCUT2D eigenvalue weighted by Crippen LogP contribution is -2.43. The molecule has 7 heteroatoms. The summed E-state index contributed by atoms with van der Waals surface area (Å²) in [5, 5.41) is 0. The van der Waals surface area contributed by atoms with Crippen LogP contribution in [0.25, 0.3) is 0 Å². The van der Waals surface area contributed by atoms with Crippen molar-refractivity contribution in [2.24, 2.45) is 5.92 Å². The Morgan fingerprint density at radius 2 is 1.84 bits per heavy atom. The Labute approximate surface area is 183 Å². The zero-order chi connectivity index (χ0) is 23.0. The number of aromatic nitrogens is 1. The molecule has 32 heavy (non-hydrogen) atoms. The molecule has 1 aromatic heterocycles. The number of Topliss-reactive ketones (excluding diaryl/α,β-unsaturated/α-hetero) is 2. The number of carbonyl (C=O) groups is 2. The average Bonchev–Trinajstić information content (AvgIpc) is 2.77. The maximum Gasteiger partial charge on any atom is 0.416 e. The van der Waals surface area contributed by atoms with E-state index in [1.54, 1.807) is 41.4 Å². The van der Waals surface area contributed by atoms with E-state index in [1.165, 1.54) is 6.07 Å². The van der Waals surface area contributed by atoms with Gasteiger partial charge in [0.1, 0.15) is 5.92 Å². The molecule has 4 nitrogen and oxygen atoms in total. The van der Waals surface area contributed by atoms with Crippen molar-refractivity contribution in [3.05, 3.63) is 94.3 Å². The molecule has 0 spiro atoms. The summed E-state index contributed by atoms with van der Waals surface area (Å²) in [6.45, 7) is 4.12. The number of ketones is 2. The van der Waals surface area contributed by atoms with Gasteiger partial charge in [-0.1, -0.05) is 18.2 Å². The first-order valence-electron chi connectivity index (χ1n) is 10.2. The molecule has 0 radical (unpaired) electrons. The summed E-state index contributed by atoms with van der Waals surface area (Å²) < 4.78 is 40.0. The Hall–Kier alpha value is -3.48. The molecule has 0 saturated heterocycles. The number of hydrogen-bond donors (Lipinski definition) is 0. The number of hydrogen-bond acceptors (Lipinski definition) is 4. The van der Waals surface area contributed by atoms with Crippen LogP contribution in [0.5, 0.6) is 0 Å². The van der Waals surface area contributed by atoms with E-state index in [2.05, 4.69) is 4.98 Å². The van der Waals surface area contributed by atoms with Gasteiger partial charge in [-0.05, 0) is 61.4 Å². The summed E-state index contributed by atoms with van der Waals surface area (Å²) in [6.07, 6.45) is -2.97. The second-order valence-corrected chi connectivity index (χ2v) is 8.01. The fraction of sp³-hybridized carbons (Fsp3) is 0.240. The van der Waals surface area contributed by atoms with Gasteiger partial charge in [-0.3, -0.25) is 14.6 Å². The van der Waals surface area contributed by atoms with Crippen LogP contribution in [-0.4, -0.2) is 23.1 Å². The molecule has 0 N–H and O–H groups in total. The number of rotatable bonds is 4. The summed E-state index contributed by atoms with van der Waals surface area (Å²) in [7, 11) is 0. The molecular weight excluding hydrogens is 417 g/mol. The third kappa shape index (κ3) is 4.15. The number of carbonyl (C=O) groups excluding carboxylic acids is 2. The van der Waals surface area contributed by atoms with Gasteiger partial charge in [0, 0.05) is 29.6 Å². The minimum Gasteiger partial charge on any atom is -0.364 e. The second-order valence-electron chi connectivity index (χ2n) is 8.01. The molecule has 2 heterocycles. The van der Waals surface area contributed by atoms with Crippen molar-refractivity contribution >= 4 is 17.3 Å². The van der Waals surface area contributed by atoms with Crippen molar-refractivity contribution in [2.45, 2.75) is 26.6 Å². The van der Waals surface area contributed by atoms with Gasteiger partial charge in [0.2, 0.25) is 0 Å². The smallest absolute Gasteiger partial charge is 0.364 e. The van der Waals surface area contributed by atoms with E-state index < -0.39 is 29.2 Å². The zero-order valence-corrected chi connectivity index (χ0v) is 17.6. The van der Waals surface area contributed by atoms with Crippen molar-refractivity contribution in [1.82, 2.24) is 4.98 Å². The van der Waals surface area contributed by atoms with E-state index in [9.17, 15) is 22.8 Å². The molecule has 0 fully saturated rings. The Balaban J connectivity index is 1.77. The minimum atomic E-state index is -4.59. The van der Waals surface area contributed by atoms with E-state index in [1.807, 2.05) is 19.9 Å². The third-order valence-corrected chi connectivity index (χ3v) is 5.84. The van der Waals surface area contributed by atoms with Crippen molar-refractivity contribution in [1.29, 1.82) is 0 Å². The Kier molecular flexibility index (Phi) is 5.59. The predicted octanol–water partition coefficient (Wildman–Crippen LogP) is 5.42. The quantitative estimate of drug-likeness (QED) is 0.403. The Morgan fingerprint density at radius 1 is 1.06 bits per heavy atom. The number of fused-ring (bicyclic) bond motifs is 1. The first-order chi connectivity index (χ1) is 15.1. The van der Waals surface area contributed by atoms with Crippen molar-refractivity contribution < 1.29 is 22.8 Å². The fourth-order valence-electron chi connectivity index (χ4n) is 3.91. The highest BCUT2D eigenvalue weighted by Gasteiger charge is 2.39. The van der Waals surface area contributed by atoms with Crippen LogP contribution < -0.4 is 4.90 Å². The van der Waals surface area contributed by atoms with Crippen molar-refractivity contribution in [3.63, 3.8) is 0 Å². The number of halogens is 3. The normalized spacial score (nSPS) is 16.1. The lowest BCUT2D eigenvalue weighted by atomic mass is 9.84. The molecule has 0 saturated carbocycles. The highest BCUT2D eigenvalue weighted by atomic mass is 19.4. The van der Waals surface area contributed by atoms with Crippen LogP contribution in [0.1, 0.15) is 43.1 Å². The largest absolute Gasteiger partial charge is 0.416 e. The van der Waals surface area contributed by atoms with Gasteiger partial charge in [-0.15, -0.1) is 0 Å². The van der Waals surface area contributed by atoms with Crippen molar-refractivity contribution in [2.75, 3.05) is 11.4 Å². The van der Waals surface area contributed by atoms with Gasteiger partial charge in [-0.25, -0.2) is 0 Å². The van der Waals surface area contributed by atoms with Gasteiger partial charge in [0.15, 0.2) is 11.6 Å². The topological polar surface area (TPSA) is 50.3 Å². The summed E-state index contributed by atoms with van der Waals surface area (Å²) in [6, 6.07) is 13.7. The second kappa shape index (κ2) is 8.22. The number of alkyl halides is 3. The molecule has 164 valence electrons. The third-order valence-electron chi connectivity index (χ3n) is 5.84. The van der Waals surface area contributed by atoms with Gasteiger partial charge >= 0.3 is 6.18 Å². The number of anilines is 1. The highest BCUT2D eigenvalue weighted by molar-refractivity contribution is 6.19. The van der Waals surface area contributed by atoms with Gasteiger partial charge in [0.05, 0.1) is 17.8 Å². The molecule has 0 amide bonds. The highest BCUT2D eigenvalue weighted by Crippen LogP contribution is 2.37. The maximum atomic E-state index is 13.3. The summed E-state index contributed by atoms with van der Waals surface area (Å²) in [4.78, 5) is 32.5. The van der Waals surface area contributed by atoms with E-state index in [0.717, 1.165) is 23.3 Å². The van der Waals surface area contributed by atoms with E-state index in [0.29, 0.717) is 16.9 Å². The summed E-state index contributed by atoms with van der Waals surface area (Å²) in [5.41, 5.74) is 2.34. The Morgan fingerprint density at radius 3 is 2.50 bits per heavy atom. The van der Waals surface area contributed by atoms with Crippen LogP contribution >= 0.6 is 0 Å². The molecule has 2 aromatic carbocycles. The van der Waals surface area contributed by atoms with Gasteiger partial charge < -0.3 is 4.90 Å². The lowest BCUT2D eigenvalue weighted by Gasteiger charge is -2.35. The first kappa shape index (κ1) is 21.7. The predicted molar refractivity (Wildman–Crippen MR) is 115 cm³/mol. The average molecular weight is 438 g/mol. The van der Waals surface area contributed by atoms with E-state index in [-0.39, 0.29) is 18.7 Å². The molecule has 1 unspecified atom stereocenters. The number of pyridine rings is 1. The molecule has 0 aliphatic carbocycles. The molecule has 0 bridgehead atoms. The standard InChI is InChI=1S/C25H21F3N2O2/c1-15-6-7-17(11-16(15)2)23(31)21-14-30(13-19-5-3-4-10-29-19)22-9-8-18(25(26,27)28)12-20(22)24(21)32/h3-12,21H,13-14H2,1-2H3. The van der Waals surface area contributed by atoms with Crippen LogP contribution in [-0.2, 0) is 12.7 Å². The lowest BCUT2D eigenvalue weighted by molar-refractivity contribution is -0.137. The molecule has 3 aromatic rings. The maximum absolute atomic E-state index is 13.3. The van der Waals surface area contributed by atoms with Gasteiger partial charge in [0.25, 0.3) is 0 Å². The molecular formula is C25H21F3N2O2. The van der Waals surface area contributed by atoms with Crippen LogP contribution in [0, 0.1) is 19.8 Å². The zero-order valence-electron chi connectivity index (χ0n) is 17.6. The Bertz CT molecular complexity index is 1190. The number of aryl methyl sites for hydroxylation is 2. The van der Waals surface area contributed by atoms with Crippen LogP contribution in [0.4, 0.5) is 18.9 Å². The minimum absolute atomic E-state index is 0.0690. The number of nitrogens with zero attached hydrogens (tertiary/aromatic N) is 2. The van der Waals surface area contributed by atoms with E-state index >= 15 is 0 Å². The van der Waals surface area contributed by atoms with Gasteiger partial charge in [-0.2, -0.15) is 13.2 Å². The molecule has 4 rings (SSSR count). The summed E-state index contributed by atoms with van der Waals surface area (Å²) >= 11 is 0. The van der Waals surface area contributed by atoms with Crippen LogP contribution in [0.15, 0.2) is 60.8 Å². The number of benzene rings is 2. The first-order valence-corrected chi connectivity index (χ1v) is 10.2. The molecule has 1 aliphatic rings. The van der Waals surface area contributed by atoms with Crippen molar-refractivity contribution in [3.8, 4) is 0 Å². The van der Waals surface area contributed by atoms with Crippen LogP contribution in [0.3, 0.4) is 0 Å². The fourth-order valence-corrected chi connectivity index (χ4v) is 3.91. The monoisotopic (exact) mass is 438 g/mol. The van der Waals surface area contributed by atoms with Crippen LogP contribution in [0.2, 0.25) is 0 Å². The van der Waals surface area contributed by atoms with E-state index in [4.69, 9.17) is 0 Å². The molecule has 1 atom stereocenters. The SMILES string of the molecule is Cc1ccc(C(=O)C2CN(Cc3ccccn3)c3ccc(C(F)(F)F)cc3C2=O)cc1C. The molecule has 1 aliphatic heterocycles. The summed E-state index contributed by atoms with van der Waals surface area (Å²) in [5.74, 6) is -2.09.